The molecule has 1 aromatic rings. The number of benzene rings is 1. The molecule has 110 valence electrons. The summed E-state index contributed by atoms with van der Waals surface area (Å²) in [4.78, 5) is 26.4. The minimum atomic E-state index is -0.985. The first-order valence-electron chi connectivity index (χ1n) is 6.58. The van der Waals surface area contributed by atoms with E-state index in [1.54, 1.807) is 0 Å². The second kappa shape index (κ2) is 7.65. The van der Waals surface area contributed by atoms with Gasteiger partial charge in [-0.3, -0.25) is 9.59 Å². The summed E-state index contributed by atoms with van der Waals surface area (Å²) in [6, 6.07) is 7.70. The predicted molar refractivity (Wildman–Crippen MR) is 77.7 cm³/mol. The minimum absolute atomic E-state index is 0.153. The third kappa shape index (κ3) is 5.84. The molecule has 0 aliphatic rings. The Morgan fingerprint density at radius 3 is 2.45 bits per heavy atom. The molecule has 5 heteroatoms. The monoisotopic (exact) mass is 278 g/mol. The number of nitrogens with zero attached hydrogens (tertiary/aromatic N) is 2. The molecular weight excluding hydrogens is 256 g/mol. The Morgan fingerprint density at radius 2 is 1.90 bits per heavy atom. The number of carboxylic acids is 1. The number of hydrogen-bond donors (Lipinski definition) is 1. The average molecular weight is 278 g/mol. The van der Waals surface area contributed by atoms with Crippen LogP contribution in [0.25, 0.3) is 0 Å². The molecule has 1 amide bonds. The zero-order valence-electron chi connectivity index (χ0n) is 12.3. The van der Waals surface area contributed by atoms with Crippen molar-refractivity contribution in [3.63, 3.8) is 0 Å². The lowest BCUT2D eigenvalue weighted by Crippen LogP contribution is -2.40. The standard InChI is InChI=1S/C15H22N2O3/c1-12-5-4-6-13(9-12)10-14(18)17(11-15(19)20)8-7-16(2)3/h4-6,9H,7-8,10-11H2,1-3H3,(H,19,20). The van der Waals surface area contributed by atoms with E-state index in [0.29, 0.717) is 13.1 Å². The molecule has 0 bridgehead atoms. The van der Waals surface area contributed by atoms with Crippen molar-refractivity contribution in [2.45, 2.75) is 13.3 Å². The van der Waals surface area contributed by atoms with Gasteiger partial charge in [-0.1, -0.05) is 29.8 Å². The fourth-order valence-electron chi connectivity index (χ4n) is 1.88. The van der Waals surface area contributed by atoms with Crippen LogP contribution in [0.5, 0.6) is 0 Å². The third-order valence-electron chi connectivity index (χ3n) is 2.93. The van der Waals surface area contributed by atoms with Gasteiger partial charge in [-0.25, -0.2) is 0 Å². The lowest BCUT2D eigenvalue weighted by Gasteiger charge is -2.22. The van der Waals surface area contributed by atoms with E-state index in [1.165, 1.54) is 4.90 Å². The van der Waals surface area contributed by atoms with Gasteiger partial charge < -0.3 is 14.9 Å². The summed E-state index contributed by atoms with van der Waals surface area (Å²) in [5.41, 5.74) is 2.00. The van der Waals surface area contributed by atoms with Gasteiger partial charge in [0, 0.05) is 13.1 Å². The van der Waals surface area contributed by atoms with Gasteiger partial charge in [-0.05, 0) is 26.6 Å². The van der Waals surface area contributed by atoms with E-state index < -0.39 is 5.97 Å². The Hall–Kier alpha value is -1.88. The fraction of sp³-hybridized carbons (Fsp3) is 0.467. The van der Waals surface area contributed by atoms with Crippen molar-refractivity contribution >= 4 is 11.9 Å². The van der Waals surface area contributed by atoms with Crippen LogP contribution in [0.4, 0.5) is 0 Å². The van der Waals surface area contributed by atoms with Crippen molar-refractivity contribution in [3.8, 4) is 0 Å². The maximum atomic E-state index is 12.2. The zero-order chi connectivity index (χ0) is 15.1. The summed E-state index contributed by atoms with van der Waals surface area (Å²) in [6.45, 7) is 2.78. The molecule has 5 nitrogen and oxygen atoms in total. The number of carbonyl (C=O) groups is 2. The summed E-state index contributed by atoms with van der Waals surface area (Å²) in [5, 5.41) is 8.90. The Labute approximate surface area is 119 Å². The van der Waals surface area contributed by atoms with Gasteiger partial charge in [0.2, 0.25) is 5.91 Å². The molecule has 1 aromatic carbocycles. The van der Waals surface area contributed by atoms with Crippen LogP contribution in [0.2, 0.25) is 0 Å². The normalized spacial score (nSPS) is 10.6. The minimum Gasteiger partial charge on any atom is -0.480 e. The molecule has 0 saturated heterocycles. The van der Waals surface area contributed by atoms with E-state index in [0.717, 1.165) is 11.1 Å². The first-order chi connectivity index (χ1) is 9.38. The predicted octanol–water partition coefficient (Wildman–Crippen LogP) is 1.01. The highest BCUT2D eigenvalue weighted by atomic mass is 16.4. The number of aliphatic carboxylic acids is 1. The van der Waals surface area contributed by atoms with E-state index in [4.69, 9.17) is 5.11 Å². The van der Waals surface area contributed by atoms with Gasteiger partial charge in [0.15, 0.2) is 0 Å². The van der Waals surface area contributed by atoms with Crippen LogP contribution in [-0.4, -0.2) is 60.5 Å². The molecule has 0 saturated carbocycles. The van der Waals surface area contributed by atoms with Gasteiger partial charge in [0.05, 0.1) is 6.42 Å². The van der Waals surface area contributed by atoms with Crippen molar-refractivity contribution in [1.82, 2.24) is 9.80 Å². The second-order valence-corrected chi connectivity index (χ2v) is 5.18. The lowest BCUT2D eigenvalue weighted by molar-refractivity contribution is -0.144. The first kappa shape index (κ1) is 16.2. The largest absolute Gasteiger partial charge is 0.480 e. The number of carbonyl (C=O) groups excluding carboxylic acids is 1. The van der Waals surface area contributed by atoms with Crippen LogP contribution >= 0.6 is 0 Å². The molecule has 0 aliphatic heterocycles. The average Bonchev–Trinajstić information content (AvgIpc) is 2.33. The van der Waals surface area contributed by atoms with Crippen molar-refractivity contribution in [3.05, 3.63) is 35.4 Å². The van der Waals surface area contributed by atoms with E-state index in [9.17, 15) is 9.59 Å². The molecule has 0 fully saturated rings. The smallest absolute Gasteiger partial charge is 0.323 e. The van der Waals surface area contributed by atoms with E-state index in [2.05, 4.69) is 0 Å². The molecular formula is C15H22N2O3. The number of carboxylic acid groups (broad SMARTS) is 1. The summed E-state index contributed by atoms with van der Waals surface area (Å²) < 4.78 is 0. The molecule has 0 radical (unpaired) electrons. The number of likely N-dealkylation sites (N-methyl/N-ethyl adjacent to an activating group) is 1. The molecule has 0 unspecified atom stereocenters. The zero-order valence-corrected chi connectivity index (χ0v) is 12.3. The first-order valence-corrected chi connectivity index (χ1v) is 6.58. The maximum absolute atomic E-state index is 12.2. The fourth-order valence-corrected chi connectivity index (χ4v) is 1.88. The summed E-state index contributed by atoms with van der Waals surface area (Å²) in [5.74, 6) is -1.14. The molecule has 0 atom stereocenters. The third-order valence-corrected chi connectivity index (χ3v) is 2.93. The molecule has 20 heavy (non-hydrogen) atoms. The van der Waals surface area contributed by atoms with Crippen LogP contribution in [0, 0.1) is 6.92 Å². The van der Waals surface area contributed by atoms with Gasteiger partial charge in [-0.15, -0.1) is 0 Å². The van der Waals surface area contributed by atoms with Crippen LogP contribution < -0.4 is 0 Å². The lowest BCUT2D eigenvalue weighted by atomic mass is 10.1. The SMILES string of the molecule is Cc1cccc(CC(=O)N(CCN(C)C)CC(=O)O)c1. The summed E-state index contributed by atoms with van der Waals surface area (Å²) in [6.07, 6.45) is 0.238. The van der Waals surface area contributed by atoms with Crippen molar-refractivity contribution in [2.24, 2.45) is 0 Å². The van der Waals surface area contributed by atoms with Crippen molar-refractivity contribution in [1.29, 1.82) is 0 Å². The molecule has 1 rings (SSSR count). The van der Waals surface area contributed by atoms with Crippen LogP contribution in [-0.2, 0) is 16.0 Å². The summed E-state index contributed by atoms with van der Waals surface area (Å²) in [7, 11) is 3.79. The second-order valence-electron chi connectivity index (χ2n) is 5.18. The maximum Gasteiger partial charge on any atom is 0.323 e. The Balaban J connectivity index is 2.69. The van der Waals surface area contributed by atoms with Crippen LogP contribution in [0.1, 0.15) is 11.1 Å². The van der Waals surface area contributed by atoms with Gasteiger partial charge in [0.1, 0.15) is 6.54 Å². The van der Waals surface area contributed by atoms with Gasteiger partial charge in [0.25, 0.3) is 0 Å². The number of amides is 1. The molecule has 0 aromatic heterocycles. The number of rotatable bonds is 7. The van der Waals surface area contributed by atoms with Gasteiger partial charge >= 0.3 is 5.97 Å². The highest BCUT2D eigenvalue weighted by molar-refractivity contribution is 5.83. The van der Waals surface area contributed by atoms with Gasteiger partial charge in [-0.2, -0.15) is 0 Å². The molecule has 0 spiro atoms. The van der Waals surface area contributed by atoms with E-state index in [1.807, 2.05) is 50.2 Å². The highest BCUT2D eigenvalue weighted by Gasteiger charge is 2.17. The number of aryl methyl sites for hydroxylation is 1. The van der Waals surface area contributed by atoms with Crippen molar-refractivity contribution < 1.29 is 14.7 Å². The molecule has 1 N–H and O–H groups in total. The van der Waals surface area contributed by atoms with E-state index in [-0.39, 0.29) is 18.9 Å². The summed E-state index contributed by atoms with van der Waals surface area (Å²) >= 11 is 0. The Morgan fingerprint density at radius 1 is 1.20 bits per heavy atom. The molecule has 0 heterocycles. The van der Waals surface area contributed by atoms with Crippen LogP contribution in [0.3, 0.4) is 0 Å². The quantitative estimate of drug-likeness (QED) is 0.808. The van der Waals surface area contributed by atoms with Crippen LogP contribution in [0.15, 0.2) is 24.3 Å². The Bertz CT molecular complexity index is 472. The Kier molecular flexibility index (Phi) is 6.18. The topological polar surface area (TPSA) is 60.9 Å². The number of hydrogen-bond acceptors (Lipinski definition) is 3. The highest BCUT2D eigenvalue weighted by Crippen LogP contribution is 2.06. The molecule has 0 aliphatic carbocycles. The van der Waals surface area contributed by atoms with E-state index >= 15 is 0 Å². The van der Waals surface area contributed by atoms with Crippen molar-refractivity contribution in [2.75, 3.05) is 33.7 Å².